The van der Waals surface area contributed by atoms with E-state index in [1.165, 1.54) is 11.3 Å². The van der Waals surface area contributed by atoms with Crippen LogP contribution in [-0.2, 0) is 11.3 Å². The van der Waals surface area contributed by atoms with Crippen molar-refractivity contribution in [2.45, 2.75) is 32.4 Å². The van der Waals surface area contributed by atoms with Crippen molar-refractivity contribution >= 4 is 17.3 Å². The lowest BCUT2D eigenvalue weighted by Crippen LogP contribution is -2.48. The van der Waals surface area contributed by atoms with Crippen molar-refractivity contribution in [2.24, 2.45) is 0 Å². The predicted octanol–water partition coefficient (Wildman–Crippen LogP) is 2.14. The highest BCUT2D eigenvalue weighted by Gasteiger charge is 2.30. The fraction of sp³-hybridized carbons (Fsp3) is 0.417. The lowest BCUT2D eigenvalue weighted by molar-refractivity contribution is -0.144. The van der Waals surface area contributed by atoms with Crippen LogP contribution in [0.3, 0.4) is 0 Å². The maximum absolute atomic E-state index is 11.1. The van der Waals surface area contributed by atoms with Crippen molar-refractivity contribution in [3.63, 3.8) is 0 Å². The Morgan fingerprint density at radius 1 is 1.58 bits per heavy atom. The summed E-state index contributed by atoms with van der Waals surface area (Å²) in [5, 5.41) is 21.8. The molecule has 6 nitrogen and oxygen atoms in total. The molecule has 2 rings (SSSR count). The first-order chi connectivity index (χ1) is 9.05. The van der Waals surface area contributed by atoms with Crippen LogP contribution in [0.2, 0.25) is 0 Å². The minimum absolute atomic E-state index is 0.231. The summed E-state index contributed by atoms with van der Waals surface area (Å²) < 4.78 is 5.48. The Morgan fingerprint density at radius 2 is 2.37 bits per heavy atom. The Kier molecular flexibility index (Phi) is 3.96. The molecule has 19 heavy (non-hydrogen) atoms. The lowest BCUT2D eigenvalue weighted by Gasteiger charge is -2.23. The largest absolute Gasteiger partial charge is 0.480 e. The summed E-state index contributed by atoms with van der Waals surface area (Å²) in [4.78, 5) is 12.0. The average Bonchev–Trinajstić information content (AvgIpc) is 3.05. The second kappa shape index (κ2) is 5.50. The number of carboxylic acid groups (broad SMARTS) is 1. The zero-order valence-corrected chi connectivity index (χ0v) is 11.5. The number of nitrogens with zero attached hydrogens (tertiary/aromatic N) is 2. The number of aliphatic carboxylic acids is 1. The standard InChI is InChI=1S/C12H15N3O3S/c1-3-12(2,11(16)17)13-7-9-14-15-10(18-9)8-5-4-6-19-8/h4-6,13H,3,7H2,1-2H3,(H,16,17). The highest BCUT2D eigenvalue weighted by molar-refractivity contribution is 7.13. The molecule has 0 spiro atoms. The molecule has 2 aromatic heterocycles. The van der Waals surface area contributed by atoms with E-state index in [4.69, 9.17) is 9.52 Å². The second-order valence-corrected chi connectivity index (χ2v) is 5.27. The first-order valence-corrected chi connectivity index (χ1v) is 6.78. The van der Waals surface area contributed by atoms with E-state index in [2.05, 4.69) is 15.5 Å². The zero-order valence-electron chi connectivity index (χ0n) is 10.7. The number of rotatable bonds is 6. The van der Waals surface area contributed by atoms with Gasteiger partial charge >= 0.3 is 5.97 Å². The minimum Gasteiger partial charge on any atom is -0.480 e. The van der Waals surface area contributed by atoms with Crippen molar-refractivity contribution in [3.05, 3.63) is 23.4 Å². The molecule has 0 saturated carbocycles. The van der Waals surface area contributed by atoms with E-state index in [-0.39, 0.29) is 6.54 Å². The summed E-state index contributed by atoms with van der Waals surface area (Å²) in [6.45, 7) is 3.67. The fourth-order valence-corrected chi connectivity index (χ4v) is 2.09. The number of nitrogens with one attached hydrogen (secondary N) is 1. The normalized spacial score (nSPS) is 14.2. The Morgan fingerprint density at radius 3 is 2.95 bits per heavy atom. The Balaban J connectivity index is 2.03. The molecule has 0 amide bonds. The van der Waals surface area contributed by atoms with E-state index in [0.717, 1.165) is 4.88 Å². The topological polar surface area (TPSA) is 88.3 Å². The Bertz CT molecular complexity index is 552. The van der Waals surface area contributed by atoms with E-state index in [0.29, 0.717) is 18.2 Å². The van der Waals surface area contributed by atoms with Crippen molar-refractivity contribution in [3.8, 4) is 10.8 Å². The summed E-state index contributed by atoms with van der Waals surface area (Å²) in [6.07, 6.45) is 0.467. The molecule has 7 heteroatoms. The van der Waals surface area contributed by atoms with Crippen LogP contribution in [0.1, 0.15) is 26.2 Å². The van der Waals surface area contributed by atoms with Gasteiger partial charge in [0.05, 0.1) is 11.4 Å². The van der Waals surface area contributed by atoms with Gasteiger partial charge in [0.15, 0.2) is 0 Å². The highest BCUT2D eigenvalue weighted by Crippen LogP contribution is 2.23. The molecule has 0 aromatic carbocycles. The first-order valence-electron chi connectivity index (χ1n) is 5.90. The molecule has 0 fully saturated rings. The van der Waals surface area contributed by atoms with Gasteiger partial charge in [0.2, 0.25) is 5.89 Å². The molecule has 0 aliphatic rings. The van der Waals surface area contributed by atoms with Crippen LogP contribution in [-0.4, -0.2) is 26.8 Å². The van der Waals surface area contributed by atoms with Gasteiger partial charge in [-0.2, -0.15) is 0 Å². The van der Waals surface area contributed by atoms with Crippen LogP contribution in [0.4, 0.5) is 0 Å². The maximum Gasteiger partial charge on any atom is 0.323 e. The zero-order chi connectivity index (χ0) is 13.9. The SMILES string of the molecule is CCC(C)(NCc1nnc(-c2cccs2)o1)C(=O)O. The third-order valence-electron chi connectivity index (χ3n) is 3.01. The molecule has 1 atom stereocenters. The number of carboxylic acids is 1. The van der Waals surface area contributed by atoms with E-state index >= 15 is 0 Å². The van der Waals surface area contributed by atoms with Gasteiger partial charge in [-0.1, -0.05) is 13.0 Å². The van der Waals surface area contributed by atoms with Crippen molar-refractivity contribution < 1.29 is 14.3 Å². The molecular formula is C12H15N3O3S. The van der Waals surface area contributed by atoms with Gasteiger partial charge in [0.25, 0.3) is 5.89 Å². The average molecular weight is 281 g/mol. The van der Waals surface area contributed by atoms with E-state index in [1.54, 1.807) is 6.92 Å². The van der Waals surface area contributed by atoms with Gasteiger partial charge in [-0.25, -0.2) is 0 Å². The van der Waals surface area contributed by atoms with Gasteiger partial charge in [-0.3, -0.25) is 10.1 Å². The smallest absolute Gasteiger partial charge is 0.323 e. The molecular weight excluding hydrogens is 266 g/mol. The predicted molar refractivity (Wildman–Crippen MR) is 70.8 cm³/mol. The number of hydrogen-bond donors (Lipinski definition) is 2. The van der Waals surface area contributed by atoms with E-state index in [9.17, 15) is 4.79 Å². The summed E-state index contributed by atoms with van der Waals surface area (Å²) in [7, 11) is 0. The van der Waals surface area contributed by atoms with Crippen LogP contribution in [0.5, 0.6) is 0 Å². The Labute approximate surface area is 114 Å². The fourth-order valence-electron chi connectivity index (χ4n) is 1.45. The van der Waals surface area contributed by atoms with Crippen LogP contribution < -0.4 is 5.32 Å². The summed E-state index contributed by atoms with van der Waals surface area (Å²) in [6, 6.07) is 3.80. The monoisotopic (exact) mass is 281 g/mol. The molecule has 0 saturated heterocycles. The van der Waals surface area contributed by atoms with Gasteiger partial charge in [0, 0.05) is 0 Å². The molecule has 0 aliphatic carbocycles. The molecule has 0 radical (unpaired) electrons. The number of hydrogen-bond acceptors (Lipinski definition) is 6. The van der Waals surface area contributed by atoms with Gasteiger partial charge in [-0.05, 0) is 24.8 Å². The molecule has 0 aliphatic heterocycles. The molecule has 2 heterocycles. The number of thiophene rings is 1. The van der Waals surface area contributed by atoms with Gasteiger partial charge < -0.3 is 9.52 Å². The second-order valence-electron chi connectivity index (χ2n) is 4.32. The van der Waals surface area contributed by atoms with Crippen LogP contribution >= 0.6 is 11.3 Å². The molecule has 102 valence electrons. The number of aromatic nitrogens is 2. The molecule has 2 N–H and O–H groups in total. The quantitative estimate of drug-likeness (QED) is 0.843. The van der Waals surface area contributed by atoms with E-state index < -0.39 is 11.5 Å². The van der Waals surface area contributed by atoms with Crippen molar-refractivity contribution in [1.29, 1.82) is 0 Å². The van der Waals surface area contributed by atoms with Crippen molar-refractivity contribution in [1.82, 2.24) is 15.5 Å². The van der Waals surface area contributed by atoms with Crippen LogP contribution in [0.25, 0.3) is 10.8 Å². The summed E-state index contributed by atoms with van der Waals surface area (Å²) in [5.41, 5.74) is -0.989. The third kappa shape index (κ3) is 2.99. The van der Waals surface area contributed by atoms with E-state index in [1.807, 2.05) is 24.4 Å². The lowest BCUT2D eigenvalue weighted by atomic mass is 9.99. The third-order valence-corrected chi connectivity index (χ3v) is 3.87. The first kappa shape index (κ1) is 13.7. The maximum atomic E-state index is 11.1. The minimum atomic E-state index is -0.989. The van der Waals surface area contributed by atoms with Gasteiger partial charge in [0.1, 0.15) is 5.54 Å². The molecule has 0 bridgehead atoms. The number of carbonyl (C=O) groups is 1. The Hall–Kier alpha value is -1.73. The van der Waals surface area contributed by atoms with Gasteiger partial charge in [-0.15, -0.1) is 21.5 Å². The van der Waals surface area contributed by atoms with Crippen LogP contribution in [0, 0.1) is 0 Å². The summed E-state index contributed by atoms with van der Waals surface area (Å²) >= 11 is 1.51. The highest BCUT2D eigenvalue weighted by atomic mass is 32.1. The summed E-state index contributed by atoms with van der Waals surface area (Å²) in [5.74, 6) is -0.0577. The van der Waals surface area contributed by atoms with Crippen LogP contribution in [0.15, 0.2) is 21.9 Å². The molecule has 1 unspecified atom stereocenters. The van der Waals surface area contributed by atoms with Crippen molar-refractivity contribution in [2.75, 3.05) is 0 Å². The molecule has 2 aromatic rings.